The van der Waals surface area contributed by atoms with Gasteiger partial charge in [0, 0.05) is 30.5 Å². The highest BCUT2D eigenvalue weighted by Crippen LogP contribution is 2.20. The second kappa shape index (κ2) is 23.5. The minimum absolute atomic E-state index is 0.00774. The van der Waals surface area contributed by atoms with Crippen LogP contribution in [-0.4, -0.2) is 91.9 Å². The van der Waals surface area contributed by atoms with Crippen molar-refractivity contribution in [3.63, 3.8) is 0 Å². The van der Waals surface area contributed by atoms with E-state index >= 15 is 0 Å². The van der Waals surface area contributed by atoms with Crippen LogP contribution in [0.4, 0.5) is 4.79 Å². The predicted octanol–water partition coefficient (Wildman–Crippen LogP) is 4.98. The summed E-state index contributed by atoms with van der Waals surface area (Å²) < 4.78 is 45.7. The third kappa shape index (κ3) is 24.4. The zero-order valence-corrected chi connectivity index (χ0v) is 37.9. The van der Waals surface area contributed by atoms with Gasteiger partial charge in [-0.25, -0.2) is 13.2 Å². The third-order valence-electron chi connectivity index (χ3n) is 7.99. The Bertz CT molecular complexity index is 1910. The quantitative estimate of drug-likeness (QED) is 0.0964. The standard InChI is InChI=1S/C44H64N4O12S/c1-42(2,3)58-33-20-16-30(17-21-33)18-22-35(48-41(54)57-29-31-14-12-11-13-15-31)40(53)47-34(23-25-38(51)60-44(7,8)9)39(52)45-28-36(49)46-32(26-27-61(10,55)56)19-24-37(50)59-43(4,5)6/h11-17,20-21,26-27,32,34-35H,18-19,22-25,28-29H2,1-10H3,(H,45,52)(H,46,49)(H,47,53)(H,48,54)/b27-26+/t32-,34-,35-/m0/s1. The largest absolute Gasteiger partial charge is 0.488 e. The number of ether oxygens (including phenoxy) is 4. The molecule has 2 rings (SSSR count). The molecule has 4 N–H and O–H groups in total. The topological polar surface area (TPSA) is 222 Å². The summed E-state index contributed by atoms with van der Waals surface area (Å²) in [6.07, 6.45) is 1.04. The second-order valence-electron chi connectivity index (χ2n) is 17.5. The highest BCUT2D eigenvalue weighted by atomic mass is 32.2. The fraction of sp³-hybridized carbons (Fsp3) is 0.545. The molecule has 338 valence electrons. The van der Waals surface area contributed by atoms with E-state index in [-0.39, 0.29) is 38.7 Å². The summed E-state index contributed by atoms with van der Waals surface area (Å²) in [6, 6.07) is 12.7. The molecule has 0 aliphatic heterocycles. The van der Waals surface area contributed by atoms with Crippen LogP contribution < -0.4 is 26.0 Å². The molecule has 3 atom stereocenters. The molecule has 17 heteroatoms. The molecular formula is C44H64N4O12S. The first kappa shape index (κ1) is 51.7. The molecule has 4 amide bonds. The molecule has 0 bridgehead atoms. The fourth-order valence-corrected chi connectivity index (χ4v) is 5.90. The number of hydrogen-bond acceptors (Lipinski definition) is 12. The van der Waals surface area contributed by atoms with Crippen molar-refractivity contribution in [3.05, 3.63) is 77.2 Å². The average molecular weight is 873 g/mol. The monoisotopic (exact) mass is 872 g/mol. The van der Waals surface area contributed by atoms with E-state index < -0.39 is 87.1 Å². The molecule has 0 saturated heterocycles. The maximum atomic E-state index is 14.0. The fourth-order valence-electron chi connectivity index (χ4n) is 5.43. The van der Waals surface area contributed by atoms with E-state index in [0.29, 0.717) is 12.2 Å². The van der Waals surface area contributed by atoms with E-state index in [2.05, 4.69) is 21.3 Å². The lowest BCUT2D eigenvalue weighted by Crippen LogP contribution is -2.55. The Morgan fingerprint density at radius 1 is 0.656 bits per heavy atom. The van der Waals surface area contributed by atoms with Crippen molar-refractivity contribution in [1.82, 2.24) is 21.3 Å². The number of carbonyl (C=O) groups is 6. The second-order valence-corrected chi connectivity index (χ2v) is 19.4. The van der Waals surface area contributed by atoms with E-state index in [1.165, 1.54) is 6.08 Å². The van der Waals surface area contributed by atoms with Crippen molar-refractivity contribution in [2.24, 2.45) is 0 Å². The van der Waals surface area contributed by atoms with E-state index in [1.54, 1.807) is 77.9 Å². The highest BCUT2D eigenvalue weighted by molar-refractivity contribution is 7.93. The van der Waals surface area contributed by atoms with Crippen LogP contribution in [0.25, 0.3) is 0 Å². The molecular weight excluding hydrogens is 809 g/mol. The van der Waals surface area contributed by atoms with Gasteiger partial charge < -0.3 is 40.2 Å². The van der Waals surface area contributed by atoms with Gasteiger partial charge in [0.15, 0.2) is 9.84 Å². The first-order chi connectivity index (χ1) is 28.2. The maximum absolute atomic E-state index is 14.0. The minimum Gasteiger partial charge on any atom is -0.488 e. The molecule has 0 aromatic heterocycles. The molecule has 2 aromatic rings. The third-order valence-corrected chi connectivity index (χ3v) is 8.64. The molecule has 0 unspecified atom stereocenters. The summed E-state index contributed by atoms with van der Waals surface area (Å²) in [7, 11) is -3.59. The van der Waals surface area contributed by atoms with Gasteiger partial charge in [0.25, 0.3) is 0 Å². The van der Waals surface area contributed by atoms with Crippen LogP contribution in [-0.2, 0) is 61.0 Å². The van der Waals surface area contributed by atoms with Crippen molar-refractivity contribution in [2.75, 3.05) is 12.8 Å². The highest BCUT2D eigenvalue weighted by Gasteiger charge is 2.29. The summed E-state index contributed by atoms with van der Waals surface area (Å²) in [6.45, 7) is 15.2. The van der Waals surface area contributed by atoms with Crippen LogP contribution in [0.1, 0.15) is 106 Å². The number of hydrogen-bond donors (Lipinski definition) is 4. The van der Waals surface area contributed by atoms with Crippen molar-refractivity contribution in [1.29, 1.82) is 0 Å². The van der Waals surface area contributed by atoms with Crippen molar-refractivity contribution in [2.45, 2.75) is 142 Å². The minimum atomic E-state index is -3.59. The lowest BCUT2D eigenvalue weighted by atomic mass is 10.0. The van der Waals surface area contributed by atoms with Crippen molar-refractivity contribution < 1.29 is 56.1 Å². The molecule has 0 spiro atoms. The Hall–Kier alpha value is -5.45. The number of benzene rings is 2. The van der Waals surface area contributed by atoms with Crippen molar-refractivity contribution in [3.8, 4) is 5.75 Å². The van der Waals surface area contributed by atoms with Gasteiger partial charge in [-0.05, 0) is 111 Å². The summed E-state index contributed by atoms with van der Waals surface area (Å²) in [4.78, 5) is 78.7. The van der Waals surface area contributed by atoms with Gasteiger partial charge in [0.05, 0.1) is 6.54 Å². The van der Waals surface area contributed by atoms with E-state index in [9.17, 15) is 37.2 Å². The molecule has 0 radical (unpaired) electrons. The molecule has 61 heavy (non-hydrogen) atoms. The summed E-state index contributed by atoms with van der Waals surface area (Å²) in [5, 5.41) is 11.2. The summed E-state index contributed by atoms with van der Waals surface area (Å²) in [5.74, 6) is -2.87. The Morgan fingerprint density at radius 3 is 1.75 bits per heavy atom. The number of rotatable bonds is 21. The number of alkyl carbamates (subject to hydrolysis) is 1. The zero-order valence-electron chi connectivity index (χ0n) is 37.0. The predicted molar refractivity (Wildman–Crippen MR) is 230 cm³/mol. The van der Waals surface area contributed by atoms with Gasteiger partial charge in [-0.3, -0.25) is 24.0 Å². The first-order valence-electron chi connectivity index (χ1n) is 20.1. The van der Waals surface area contributed by atoms with Gasteiger partial charge in [-0.2, -0.15) is 0 Å². The van der Waals surface area contributed by atoms with Crippen molar-refractivity contribution >= 4 is 45.6 Å². The average Bonchev–Trinajstić information content (AvgIpc) is 3.12. The van der Waals surface area contributed by atoms with Gasteiger partial charge >= 0.3 is 18.0 Å². The van der Waals surface area contributed by atoms with E-state index in [1.807, 2.05) is 39.0 Å². The normalized spacial score (nSPS) is 13.5. The summed E-state index contributed by atoms with van der Waals surface area (Å²) >= 11 is 0. The van der Waals surface area contributed by atoms with E-state index in [4.69, 9.17) is 18.9 Å². The first-order valence-corrected chi connectivity index (χ1v) is 22.1. The van der Waals surface area contributed by atoms with E-state index in [0.717, 1.165) is 22.8 Å². The Morgan fingerprint density at radius 2 is 1.21 bits per heavy atom. The smallest absolute Gasteiger partial charge is 0.408 e. The SMILES string of the molecule is CC(C)(C)OC(=O)CC[C@@H](/C=C/S(C)(=O)=O)NC(=O)CNC(=O)[C@H](CCC(=O)OC(C)(C)C)NC(=O)[C@H](CCc1ccc(OC(C)(C)C)cc1)NC(=O)OCc1ccccc1. The summed E-state index contributed by atoms with van der Waals surface area (Å²) in [5.41, 5.74) is -0.435. The maximum Gasteiger partial charge on any atom is 0.408 e. The number of esters is 2. The van der Waals surface area contributed by atoms with Crippen LogP contribution in [0, 0.1) is 0 Å². The van der Waals surface area contributed by atoms with Crippen LogP contribution in [0.15, 0.2) is 66.1 Å². The number of amides is 4. The van der Waals surface area contributed by atoms with Crippen LogP contribution in [0.3, 0.4) is 0 Å². The van der Waals surface area contributed by atoms with Crippen LogP contribution in [0.5, 0.6) is 5.75 Å². The van der Waals surface area contributed by atoms with Crippen LogP contribution in [0.2, 0.25) is 0 Å². The molecule has 0 heterocycles. The van der Waals surface area contributed by atoms with Gasteiger partial charge in [-0.1, -0.05) is 48.5 Å². The number of sulfone groups is 1. The lowest BCUT2D eigenvalue weighted by molar-refractivity contribution is -0.156. The number of carbonyl (C=O) groups excluding carboxylic acids is 6. The Balaban J connectivity index is 2.28. The molecule has 0 saturated carbocycles. The van der Waals surface area contributed by atoms with Gasteiger partial charge in [0.2, 0.25) is 17.7 Å². The zero-order chi connectivity index (χ0) is 46.0. The molecule has 0 fully saturated rings. The Kier molecular flexibility index (Phi) is 19.9. The van der Waals surface area contributed by atoms with Gasteiger partial charge in [-0.15, -0.1) is 0 Å². The van der Waals surface area contributed by atoms with Gasteiger partial charge in [0.1, 0.15) is 41.2 Å². The molecule has 0 aliphatic rings. The molecule has 0 aliphatic carbocycles. The Labute approximate surface area is 360 Å². The van der Waals surface area contributed by atoms with Crippen LogP contribution >= 0.6 is 0 Å². The number of aryl methyl sites for hydroxylation is 1. The lowest BCUT2D eigenvalue weighted by Gasteiger charge is -2.24. The molecule has 16 nitrogen and oxygen atoms in total. The number of nitrogens with one attached hydrogen (secondary N) is 4. The molecule has 2 aromatic carbocycles.